The Balaban J connectivity index is 2.12. The molecular weight excluding hydrogens is 240 g/mol. The summed E-state index contributed by atoms with van der Waals surface area (Å²) in [4.78, 5) is 18.9. The topological polar surface area (TPSA) is 77.9 Å². The Bertz CT molecular complexity index is 611. The molecule has 19 heavy (non-hydrogen) atoms. The molecule has 0 radical (unpaired) electrons. The summed E-state index contributed by atoms with van der Waals surface area (Å²) in [6.45, 7) is 5.97. The lowest BCUT2D eigenvalue weighted by molar-refractivity contribution is 0.351. The van der Waals surface area contributed by atoms with Gasteiger partial charge in [0.15, 0.2) is 0 Å². The minimum atomic E-state index is -0.168. The number of benzene rings is 1. The monoisotopic (exact) mass is 262 g/mol. The minimum Gasteiger partial charge on any atom is -0.375 e. The first-order valence-electron chi connectivity index (χ1n) is 6.54. The van der Waals surface area contributed by atoms with E-state index in [0.29, 0.717) is 6.54 Å². The first-order chi connectivity index (χ1) is 8.91. The van der Waals surface area contributed by atoms with E-state index in [4.69, 9.17) is 5.73 Å². The number of nitrogens with one attached hydrogen (secondary N) is 2. The molecule has 2 rings (SSSR count). The van der Waals surface area contributed by atoms with E-state index in [-0.39, 0.29) is 11.1 Å². The number of fused-ring (bicyclic) bond motifs is 1. The van der Waals surface area contributed by atoms with Crippen molar-refractivity contribution in [2.75, 3.05) is 25.0 Å². The van der Waals surface area contributed by atoms with Crippen molar-refractivity contribution in [1.82, 2.24) is 9.97 Å². The molecule has 2 aromatic rings. The van der Waals surface area contributed by atoms with Gasteiger partial charge in [-0.05, 0) is 36.6 Å². The van der Waals surface area contributed by atoms with Gasteiger partial charge in [0.05, 0.1) is 11.0 Å². The number of imidazole rings is 1. The van der Waals surface area contributed by atoms with Gasteiger partial charge in [0.1, 0.15) is 0 Å². The van der Waals surface area contributed by atoms with Crippen molar-refractivity contribution in [2.45, 2.75) is 20.3 Å². The third kappa shape index (κ3) is 3.17. The molecule has 0 amide bonds. The molecule has 4 N–H and O–H groups in total. The first kappa shape index (κ1) is 13.7. The fourth-order valence-electron chi connectivity index (χ4n) is 1.96. The van der Waals surface area contributed by atoms with Crippen LogP contribution < -0.4 is 16.3 Å². The summed E-state index contributed by atoms with van der Waals surface area (Å²) < 4.78 is 0. The van der Waals surface area contributed by atoms with E-state index in [0.717, 1.165) is 29.7 Å². The molecule has 104 valence electrons. The average molecular weight is 262 g/mol. The summed E-state index contributed by atoms with van der Waals surface area (Å²) in [5.74, 6) is 0. The Morgan fingerprint density at radius 1 is 1.26 bits per heavy atom. The quantitative estimate of drug-likeness (QED) is 0.767. The van der Waals surface area contributed by atoms with Crippen LogP contribution in [0, 0.1) is 5.41 Å². The van der Waals surface area contributed by atoms with Crippen LogP contribution in [0.3, 0.4) is 0 Å². The van der Waals surface area contributed by atoms with Gasteiger partial charge in [-0.15, -0.1) is 0 Å². The van der Waals surface area contributed by atoms with Gasteiger partial charge < -0.3 is 20.6 Å². The number of aromatic nitrogens is 2. The zero-order valence-corrected chi connectivity index (χ0v) is 11.8. The van der Waals surface area contributed by atoms with Crippen molar-refractivity contribution in [3.8, 4) is 0 Å². The van der Waals surface area contributed by atoms with Crippen LogP contribution in [0.1, 0.15) is 20.3 Å². The van der Waals surface area contributed by atoms with E-state index in [1.165, 1.54) is 0 Å². The SMILES string of the molecule is CN(CCC(C)(C)CN)c1ccc2[nH]c(=O)[nH]c2c1. The van der Waals surface area contributed by atoms with Crippen molar-refractivity contribution in [3.05, 3.63) is 28.7 Å². The molecule has 0 saturated carbocycles. The van der Waals surface area contributed by atoms with Gasteiger partial charge in [-0.25, -0.2) is 4.79 Å². The number of hydrogen-bond donors (Lipinski definition) is 3. The summed E-state index contributed by atoms with van der Waals surface area (Å²) in [6.07, 6.45) is 1.03. The second-order valence-electron chi connectivity index (χ2n) is 5.85. The van der Waals surface area contributed by atoms with Crippen LogP contribution in [-0.4, -0.2) is 30.1 Å². The maximum Gasteiger partial charge on any atom is 0.323 e. The van der Waals surface area contributed by atoms with Gasteiger partial charge in [-0.2, -0.15) is 0 Å². The van der Waals surface area contributed by atoms with Crippen LogP contribution >= 0.6 is 0 Å². The van der Waals surface area contributed by atoms with E-state index in [2.05, 4.69) is 35.8 Å². The third-order valence-corrected chi connectivity index (χ3v) is 3.62. The van der Waals surface area contributed by atoms with Crippen LogP contribution in [0.15, 0.2) is 23.0 Å². The molecule has 0 aliphatic heterocycles. The van der Waals surface area contributed by atoms with Gasteiger partial charge in [0.2, 0.25) is 0 Å². The standard InChI is InChI=1S/C14H22N4O/c1-14(2,9-15)6-7-18(3)10-4-5-11-12(8-10)17-13(19)16-11/h4-5,8H,6-7,9,15H2,1-3H3,(H2,16,17,19). The molecule has 1 aromatic heterocycles. The first-order valence-corrected chi connectivity index (χ1v) is 6.54. The highest BCUT2D eigenvalue weighted by Gasteiger charge is 2.16. The van der Waals surface area contributed by atoms with Crippen molar-refractivity contribution < 1.29 is 0 Å². The highest BCUT2D eigenvalue weighted by atomic mass is 16.1. The number of nitrogens with zero attached hydrogens (tertiary/aromatic N) is 1. The van der Waals surface area contributed by atoms with Gasteiger partial charge in [0, 0.05) is 19.3 Å². The number of rotatable bonds is 5. The molecule has 0 atom stereocenters. The maximum atomic E-state index is 11.2. The maximum absolute atomic E-state index is 11.2. The van der Waals surface area contributed by atoms with Crippen molar-refractivity contribution in [2.24, 2.45) is 11.1 Å². The van der Waals surface area contributed by atoms with E-state index in [1.807, 2.05) is 18.2 Å². The van der Waals surface area contributed by atoms with Gasteiger partial charge in [-0.1, -0.05) is 13.8 Å². The zero-order chi connectivity index (χ0) is 14.0. The van der Waals surface area contributed by atoms with Crippen molar-refractivity contribution in [1.29, 1.82) is 0 Å². The number of hydrogen-bond acceptors (Lipinski definition) is 3. The van der Waals surface area contributed by atoms with Crippen LogP contribution in [-0.2, 0) is 0 Å². The minimum absolute atomic E-state index is 0.154. The molecule has 5 heteroatoms. The molecule has 1 aromatic carbocycles. The summed E-state index contributed by atoms with van der Waals surface area (Å²) in [6, 6.07) is 5.93. The Kier molecular flexibility index (Phi) is 3.66. The molecule has 0 fully saturated rings. The molecule has 5 nitrogen and oxygen atoms in total. The summed E-state index contributed by atoms with van der Waals surface area (Å²) >= 11 is 0. The zero-order valence-electron chi connectivity index (χ0n) is 11.8. The van der Waals surface area contributed by atoms with E-state index in [1.54, 1.807) is 0 Å². The fourth-order valence-corrected chi connectivity index (χ4v) is 1.96. The van der Waals surface area contributed by atoms with Crippen LogP contribution in [0.4, 0.5) is 5.69 Å². The smallest absolute Gasteiger partial charge is 0.323 e. The van der Waals surface area contributed by atoms with Crippen LogP contribution in [0.5, 0.6) is 0 Å². The lowest BCUT2D eigenvalue weighted by Crippen LogP contribution is -2.29. The van der Waals surface area contributed by atoms with Crippen molar-refractivity contribution >= 4 is 16.7 Å². The van der Waals surface area contributed by atoms with Gasteiger partial charge in [0.25, 0.3) is 0 Å². The highest BCUT2D eigenvalue weighted by molar-refractivity contribution is 5.78. The van der Waals surface area contributed by atoms with Crippen molar-refractivity contribution in [3.63, 3.8) is 0 Å². The fraction of sp³-hybridized carbons (Fsp3) is 0.500. The Hall–Kier alpha value is -1.75. The molecule has 0 bridgehead atoms. The predicted octanol–water partition coefficient (Wildman–Crippen LogP) is 1.67. The molecule has 0 aliphatic carbocycles. The van der Waals surface area contributed by atoms with E-state index >= 15 is 0 Å². The summed E-state index contributed by atoms with van der Waals surface area (Å²) in [7, 11) is 2.05. The largest absolute Gasteiger partial charge is 0.375 e. The molecule has 0 saturated heterocycles. The second kappa shape index (κ2) is 5.09. The highest BCUT2D eigenvalue weighted by Crippen LogP contribution is 2.22. The summed E-state index contributed by atoms with van der Waals surface area (Å²) in [5.41, 5.74) is 8.50. The third-order valence-electron chi connectivity index (χ3n) is 3.62. The lowest BCUT2D eigenvalue weighted by atomic mass is 9.89. The number of anilines is 1. The molecule has 0 aliphatic rings. The second-order valence-corrected chi connectivity index (χ2v) is 5.85. The average Bonchev–Trinajstić information content (AvgIpc) is 2.75. The Labute approximate surface area is 112 Å². The van der Waals surface area contributed by atoms with Crippen LogP contribution in [0.2, 0.25) is 0 Å². The number of H-pyrrole nitrogens is 2. The normalized spacial score (nSPS) is 12.0. The Morgan fingerprint density at radius 2 is 1.95 bits per heavy atom. The lowest BCUT2D eigenvalue weighted by Gasteiger charge is -2.27. The molecular formula is C14H22N4O. The van der Waals surface area contributed by atoms with E-state index in [9.17, 15) is 4.79 Å². The van der Waals surface area contributed by atoms with Gasteiger partial charge in [-0.3, -0.25) is 0 Å². The molecule has 1 heterocycles. The predicted molar refractivity (Wildman–Crippen MR) is 79.6 cm³/mol. The Morgan fingerprint density at radius 3 is 2.63 bits per heavy atom. The number of aromatic amines is 2. The van der Waals surface area contributed by atoms with E-state index < -0.39 is 0 Å². The molecule has 0 spiro atoms. The van der Waals surface area contributed by atoms with Gasteiger partial charge >= 0.3 is 5.69 Å². The number of nitrogens with two attached hydrogens (primary N) is 1. The summed E-state index contributed by atoms with van der Waals surface area (Å²) in [5, 5.41) is 0. The molecule has 0 unspecified atom stereocenters. The van der Waals surface area contributed by atoms with Crippen LogP contribution in [0.25, 0.3) is 11.0 Å².